The fourth-order valence-electron chi connectivity index (χ4n) is 4.35. The highest BCUT2D eigenvalue weighted by Crippen LogP contribution is 2.37. The number of amides is 3. The van der Waals surface area contributed by atoms with E-state index in [-0.39, 0.29) is 24.6 Å². The zero-order chi connectivity index (χ0) is 20.8. The van der Waals surface area contributed by atoms with Gasteiger partial charge in [0.25, 0.3) is 5.91 Å². The molecular weight excluding hydrogens is 383 g/mol. The predicted molar refractivity (Wildman–Crippen MR) is 101 cm³/mol. The molecule has 2 saturated carbocycles. The van der Waals surface area contributed by atoms with Crippen molar-refractivity contribution in [2.45, 2.75) is 69.8 Å². The molecule has 1 heterocycles. The molecule has 4 rings (SSSR count). The van der Waals surface area contributed by atoms with Crippen LogP contribution in [0.25, 0.3) is 0 Å². The maximum absolute atomic E-state index is 13.1. The number of hydrogen-bond acceptors (Lipinski definition) is 3. The molecule has 0 atom stereocenters. The Hall–Kier alpha value is -2.09. The van der Waals surface area contributed by atoms with Crippen LogP contribution in [0.2, 0.25) is 0 Å². The van der Waals surface area contributed by atoms with Crippen LogP contribution in [-0.2, 0) is 17.5 Å². The maximum atomic E-state index is 13.1. The molecule has 3 amide bonds. The van der Waals surface area contributed by atoms with Crippen LogP contribution in [0.4, 0.5) is 18.0 Å². The third kappa shape index (κ3) is 4.13. The minimum Gasteiger partial charge on any atom is -0.323 e. The fraction of sp³-hybridized carbons (Fsp3) is 0.619. The van der Waals surface area contributed by atoms with Crippen molar-refractivity contribution in [2.75, 3.05) is 6.67 Å². The van der Waals surface area contributed by atoms with Gasteiger partial charge in [0.2, 0.25) is 0 Å². The number of carbonyl (C=O) groups excluding carboxylic acids is 2. The number of halogens is 3. The molecule has 3 aliphatic rings. The summed E-state index contributed by atoms with van der Waals surface area (Å²) in [5.74, 6) is 0.398. The molecule has 1 aromatic rings. The lowest BCUT2D eigenvalue weighted by Gasteiger charge is -2.34. The van der Waals surface area contributed by atoms with Crippen LogP contribution in [0, 0.1) is 5.92 Å². The number of urea groups is 1. The third-order valence-electron chi connectivity index (χ3n) is 6.43. The van der Waals surface area contributed by atoms with Crippen LogP contribution in [0.1, 0.15) is 56.6 Å². The van der Waals surface area contributed by atoms with Gasteiger partial charge < -0.3 is 5.32 Å². The van der Waals surface area contributed by atoms with Gasteiger partial charge in [-0.25, -0.2) is 9.69 Å². The standard InChI is InChI=1S/C21H26F3N3O2/c1-14-8-10-20(11-9-14)18(28)27(19(29)25-20)13-26(17-6-7-17)12-15-2-4-16(5-3-15)21(22,23)24/h2-5,14,17H,6-13H2,1H3,(H,25,29). The van der Waals surface area contributed by atoms with Gasteiger partial charge in [0.1, 0.15) is 5.54 Å². The van der Waals surface area contributed by atoms with Crippen molar-refractivity contribution in [2.24, 2.45) is 5.92 Å². The van der Waals surface area contributed by atoms with E-state index in [1.54, 1.807) is 0 Å². The number of imide groups is 1. The minimum absolute atomic E-state index is 0.160. The van der Waals surface area contributed by atoms with E-state index in [9.17, 15) is 22.8 Å². The Labute approximate surface area is 168 Å². The largest absolute Gasteiger partial charge is 0.416 e. The summed E-state index contributed by atoms with van der Waals surface area (Å²) < 4.78 is 38.3. The molecule has 1 spiro atoms. The van der Waals surface area contributed by atoms with Gasteiger partial charge in [-0.05, 0) is 62.1 Å². The molecule has 0 aromatic heterocycles. The highest BCUT2D eigenvalue weighted by Gasteiger charge is 2.52. The summed E-state index contributed by atoms with van der Waals surface area (Å²) in [7, 11) is 0. The molecule has 1 aliphatic heterocycles. The summed E-state index contributed by atoms with van der Waals surface area (Å²) in [5, 5.41) is 2.93. The van der Waals surface area contributed by atoms with Gasteiger partial charge >= 0.3 is 12.2 Å². The quantitative estimate of drug-likeness (QED) is 0.744. The van der Waals surface area contributed by atoms with E-state index in [0.717, 1.165) is 43.4 Å². The number of carbonyl (C=O) groups is 2. The Balaban J connectivity index is 1.45. The average Bonchev–Trinajstić information content (AvgIpc) is 3.48. The molecule has 8 heteroatoms. The number of nitrogens with one attached hydrogen (secondary N) is 1. The van der Waals surface area contributed by atoms with Gasteiger partial charge in [-0.15, -0.1) is 0 Å². The smallest absolute Gasteiger partial charge is 0.323 e. The molecule has 1 aromatic carbocycles. The molecule has 0 unspecified atom stereocenters. The van der Waals surface area contributed by atoms with Gasteiger partial charge in [0.15, 0.2) is 0 Å². The molecule has 5 nitrogen and oxygen atoms in total. The zero-order valence-electron chi connectivity index (χ0n) is 16.5. The second kappa shape index (κ2) is 7.31. The third-order valence-corrected chi connectivity index (χ3v) is 6.43. The van der Waals surface area contributed by atoms with Crippen LogP contribution in [-0.4, -0.2) is 40.0 Å². The van der Waals surface area contributed by atoms with Gasteiger partial charge in [0, 0.05) is 12.6 Å². The van der Waals surface area contributed by atoms with Gasteiger partial charge in [-0.1, -0.05) is 19.1 Å². The van der Waals surface area contributed by atoms with Crippen molar-refractivity contribution in [3.8, 4) is 0 Å². The van der Waals surface area contributed by atoms with E-state index in [4.69, 9.17) is 0 Å². The molecule has 2 aliphatic carbocycles. The van der Waals surface area contributed by atoms with Crippen LogP contribution in [0.5, 0.6) is 0 Å². The van der Waals surface area contributed by atoms with Crippen molar-refractivity contribution >= 4 is 11.9 Å². The number of rotatable bonds is 5. The Morgan fingerprint density at radius 2 is 1.72 bits per heavy atom. The lowest BCUT2D eigenvalue weighted by Crippen LogP contribution is -2.50. The summed E-state index contributed by atoms with van der Waals surface area (Å²) in [5.41, 5.74) is -0.715. The zero-order valence-corrected chi connectivity index (χ0v) is 16.5. The second-order valence-corrected chi connectivity index (χ2v) is 8.74. The van der Waals surface area contributed by atoms with Crippen molar-refractivity contribution < 1.29 is 22.8 Å². The summed E-state index contributed by atoms with van der Waals surface area (Å²) in [4.78, 5) is 29.0. The first-order valence-electron chi connectivity index (χ1n) is 10.2. The highest BCUT2D eigenvalue weighted by atomic mass is 19.4. The van der Waals surface area contributed by atoms with E-state index in [0.29, 0.717) is 25.3 Å². The first-order valence-corrected chi connectivity index (χ1v) is 10.2. The van der Waals surface area contributed by atoms with Crippen molar-refractivity contribution in [3.63, 3.8) is 0 Å². The normalized spacial score (nSPS) is 27.8. The number of hydrogen-bond donors (Lipinski definition) is 1. The monoisotopic (exact) mass is 409 g/mol. The summed E-state index contributed by atoms with van der Waals surface area (Å²) >= 11 is 0. The van der Waals surface area contributed by atoms with Gasteiger partial charge in [0.05, 0.1) is 12.2 Å². The van der Waals surface area contributed by atoms with Crippen molar-refractivity contribution in [1.82, 2.24) is 15.1 Å². The molecule has 1 saturated heterocycles. The average molecular weight is 409 g/mol. The Bertz CT molecular complexity index is 781. The minimum atomic E-state index is -4.36. The molecular formula is C21H26F3N3O2. The predicted octanol–water partition coefficient (Wildman–Crippen LogP) is 4.13. The van der Waals surface area contributed by atoms with Gasteiger partial charge in [-0.2, -0.15) is 13.2 Å². The first kappa shape index (κ1) is 20.2. The summed E-state index contributed by atoms with van der Waals surface area (Å²) in [6.45, 7) is 2.74. The second-order valence-electron chi connectivity index (χ2n) is 8.74. The van der Waals surface area contributed by atoms with Crippen LogP contribution in [0.3, 0.4) is 0 Å². The van der Waals surface area contributed by atoms with Crippen molar-refractivity contribution in [1.29, 1.82) is 0 Å². The van der Waals surface area contributed by atoms with Crippen LogP contribution >= 0.6 is 0 Å². The molecule has 158 valence electrons. The van der Waals surface area contributed by atoms with E-state index in [2.05, 4.69) is 12.2 Å². The lowest BCUT2D eigenvalue weighted by molar-refractivity contribution is -0.137. The molecule has 0 bridgehead atoms. The fourth-order valence-corrected chi connectivity index (χ4v) is 4.35. The van der Waals surface area contributed by atoms with Gasteiger partial charge in [-0.3, -0.25) is 9.69 Å². The van der Waals surface area contributed by atoms with Crippen molar-refractivity contribution in [3.05, 3.63) is 35.4 Å². The molecule has 29 heavy (non-hydrogen) atoms. The molecule has 1 N–H and O–H groups in total. The first-order chi connectivity index (χ1) is 13.7. The van der Waals surface area contributed by atoms with E-state index < -0.39 is 17.3 Å². The van der Waals surface area contributed by atoms with E-state index in [1.807, 2.05) is 4.90 Å². The Morgan fingerprint density at radius 1 is 1.10 bits per heavy atom. The summed E-state index contributed by atoms with van der Waals surface area (Å²) in [6, 6.07) is 4.98. The molecule has 3 fully saturated rings. The number of benzene rings is 1. The summed E-state index contributed by atoms with van der Waals surface area (Å²) in [6.07, 6.45) is 0.727. The Kier molecular flexibility index (Phi) is 5.09. The topological polar surface area (TPSA) is 52.7 Å². The SMILES string of the molecule is CC1CCC2(CC1)NC(=O)N(CN(Cc1ccc(C(F)(F)F)cc1)C1CC1)C2=O. The van der Waals surface area contributed by atoms with Crippen LogP contribution < -0.4 is 5.32 Å². The van der Waals surface area contributed by atoms with Crippen LogP contribution in [0.15, 0.2) is 24.3 Å². The number of alkyl halides is 3. The highest BCUT2D eigenvalue weighted by molar-refractivity contribution is 6.07. The maximum Gasteiger partial charge on any atom is 0.416 e. The Morgan fingerprint density at radius 3 is 2.28 bits per heavy atom. The molecule has 0 radical (unpaired) electrons. The van der Waals surface area contributed by atoms with E-state index in [1.165, 1.54) is 17.0 Å². The number of nitrogens with zero attached hydrogens (tertiary/aromatic N) is 2. The van der Waals surface area contributed by atoms with E-state index >= 15 is 0 Å². The lowest BCUT2D eigenvalue weighted by atomic mass is 9.77.